The topological polar surface area (TPSA) is 81.6 Å². The smallest absolute Gasteiger partial charge is 0.299 e. The van der Waals surface area contributed by atoms with E-state index in [2.05, 4.69) is 10.1 Å². The van der Waals surface area contributed by atoms with E-state index in [-0.39, 0.29) is 18.2 Å². The summed E-state index contributed by atoms with van der Waals surface area (Å²) >= 11 is 1.41. The van der Waals surface area contributed by atoms with Gasteiger partial charge in [0.05, 0.1) is 29.8 Å². The fraction of sp³-hybridized carbons (Fsp3) is 0.211. The van der Waals surface area contributed by atoms with E-state index in [1.54, 1.807) is 25.3 Å². The Labute approximate surface area is 159 Å². The summed E-state index contributed by atoms with van der Waals surface area (Å²) in [5, 5.41) is 4.34. The Morgan fingerprint density at radius 1 is 1.30 bits per heavy atom. The van der Waals surface area contributed by atoms with Crippen LogP contribution in [0.3, 0.4) is 0 Å². The van der Waals surface area contributed by atoms with Gasteiger partial charge in [0.2, 0.25) is 5.76 Å². The van der Waals surface area contributed by atoms with Gasteiger partial charge in [-0.05, 0) is 38.1 Å². The van der Waals surface area contributed by atoms with E-state index in [1.807, 2.05) is 31.2 Å². The number of carbonyl (C=O) groups excluding carboxylic acids is 1. The van der Waals surface area contributed by atoms with Crippen LogP contribution in [-0.2, 0) is 6.54 Å². The van der Waals surface area contributed by atoms with Gasteiger partial charge < -0.3 is 13.7 Å². The Morgan fingerprint density at radius 2 is 2.19 bits per heavy atom. The minimum Gasteiger partial charge on any atom is -0.492 e. The molecule has 0 aliphatic rings. The average Bonchev–Trinajstić information content (AvgIpc) is 3.40. The van der Waals surface area contributed by atoms with Crippen molar-refractivity contribution in [3.8, 4) is 5.75 Å². The van der Waals surface area contributed by atoms with E-state index in [0.717, 1.165) is 10.2 Å². The zero-order valence-corrected chi connectivity index (χ0v) is 15.7. The van der Waals surface area contributed by atoms with Gasteiger partial charge in [0, 0.05) is 6.07 Å². The summed E-state index contributed by atoms with van der Waals surface area (Å²) in [5.74, 6) is 1.16. The standard InChI is InChI=1S/C19H17N3O4S/c1-3-24-14-7-4-8-16-17(14)20-19(27-16)22(11-13-6-5-9-25-13)18(23)15-10-12(2)21-26-15/h4-10H,3,11H2,1-2H3. The second-order valence-corrected chi connectivity index (χ2v) is 6.84. The third kappa shape index (κ3) is 3.43. The summed E-state index contributed by atoms with van der Waals surface area (Å²) in [6.07, 6.45) is 1.57. The van der Waals surface area contributed by atoms with Gasteiger partial charge in [-0.2, -0.15) is 0 Å². The van der Waals surface area contributed by atoms with Crippen molar-refractivity contribution in [2.24, 2.45) is 0 Å². The number of fused-ring (bicyclic) bond motifs is 1. The predicted octanol–water partition coefficient (Wildman–Crippen LogP) is 4.43. The first-order chi connectivity index (χ1) is 13.2. The van der Waals surface area contributed by atoms with Crippen molar-refractivity contribution in [1.82, 2.24) is 10.1 Å². The van der Waals surface area contributed by atoms with Crippen LogP contribution < -0.4 is 9.64 Å². The van der Waals surface area contributed by atoms with Crippen LogP contribution in [0.5, 0.6) is 5.75 Å². The van der Waals surface area contributed by atoms with Crippen molar-refractivity contribution in [3.05, 3.63) is 59.9 Å². The van der Waals surface area contributed by atoms with Crippen LogP contribution in [0.4, 0.5) is 5.13 Å². The molecule has 7 nitrogen and oxygen atoms in total. The van der Waals surface area contributed by atoms with Gasteiger partial charge in [-0.25, -0.2) is 4.98 Å². The molecule has 0 bridgehead atoms. The molecule has 0 fully saturated rings. The second-order valence-electron chi connectivity index (χ2n) is 5.84. The number of aryl methyl sites for hydroxylation is 1. The molecule has 0 unspecified atom stereocenters. The normalized spacial score (nSPS) is 11.0. The maximum atomic E-state index is 13.1. The molecule has 0 N–H and O–H groups in total. The molecule has 4 aromatic rings. The molecule has 0 spiro atoms. The Kier molecular flexibility index (Phi) is 4.64. The number of hydrogen-bond donors (Lipinski definition) is 0. The van der Waals surface area contributed by atoms with Crippen LogP contribution in [0.25, 0.3) is 10.2 Å². The van der Waals surface area contributed by atoms with E-state index >= 15 is 0 Å². The number of furan rings is 1. The van der Waals surface area contributed by atoms with Crippen molar-refractivity contribution in [2.75, 3.05) is 11.5 Å². The second kappa shape index (κ2) is 7.24. The van der Waals surface area contributed by atoms with Crippen molar-refractivity contribution in [1.29, 1.82) is 0 Å². The first-order valence-electron chi connectivity index (χ1n) is 8.45. The van der Waals surface area contributed by atoms with Gasteiger partial charge in [0.1, 0.15) is 17.0 Å². The van der Waals surface area contributed by atoms with Gasteiger partial charge in [-0.15, -0.1) is 0 Å². The quantitative estimate of drug-likeness (QED) is 0.490. The number of para-hydroxylation sites is 1. The lowest BCUT2D eigenvalue weighted by molar-refractivity contribution is 0.0947. The molecule has 8 heteroatoms. The number of nitrogens with zero attached hydrogens (tertiary/aromatic N) is 3. The zero-order chi connectivity index (χ0) is 18.8. The first kappa shape index (κ1) is 17.3. The monoisotopic (exact) mass is 383 g/mol. The number of carbonyl (C=O) groups is 1. The summed E-state index contributed by atoms with van der Waals surface area (Å²) in [5.41, 5.74) is 1.37. The summed E-state index contributed by atoms with van der Waals surface area (Å²) in [6.45, 7) is 4.46. The Bertz CT molecular complexity index is 1070. The maximum absolute atomic E-state index is 13.1. The fourth-order valence-corrected chi connectivity index (χ4v) is 3.66. The highest BCUT2D eigenvalue weighted by molar-refractivity contribution is 7.22. The Morgan fingerprint density at radius 3 is 2.89 bits per heavy atom. The van der Waals surface area contributed by atoms with Gasteiger partial charge in [0.25, 0.3) is 5.91 Å². The maximum Gasteiger partial charge on any atom is 0.299 e. The molecule has 0 saturated carbocycles. The van der Waals surface area contributed by atoms with E-state index in [4.69, 9.17) is 13.7 Å². The van der Waals surface area contributed by atoms with Crippen LogP contribution in [0.15, 0.2) is 51.6 Å². The SMILES string of the molecule is CCOc1cccc2sc(N(Cc3ccco3)C(=O)c3cc(C)no3)nc12. The summed E-state index contributed by atoms with van der Waals surface area (Å²) in [4.78, 5) is 19.2. The third-order valence-corrected chi connectivity index (χ3v) is 4.92. The van der Waals surface area contributed by atoms with Crippen molar-refractivity contribution < 1.29 is 18.5 Å². The molecule has 0 atom stereocenters. The lowest BCUT2D eigenvalue weighted by Gasteiger charge is -2.16. The average molecular weight is 383 g/mol. The number of rotatable bonds is 6. The fourth-order valence-electron chi connectivity index (χ4n) is 2.68. The van der Waals surface area contributed by atoms with Crippen LogP contribution in [-0.4, -0.2) is 22.7 Å². The number of benzene rings is 1. The zero-order valence-electron chi connectivity index (χ0n) is 14.8. The largest absolute Gasteiger partial charge is 0.492 e. The van der Waals surface area contributed by atoms with Crippen LogP contribution in [0, 0.1) is 6.92 Å². The highest BCUT2D eigenvalue weighted by Gasteiger charge is 2.26. The van der Waals surface area contributed by atoms with Crippen molar-refractivity contribution in [2.45, 2.75) is 20.4 Å². The predicted molar refractivity (Wildman–Crippen MR) is 101 cm³/mol. The highest BCUT2D eigenvalue weighted by Crippen LogP contribution is 2.35. The summed E-state index contributed by atoms with van der Waals surface area (Å²) < 4.78 is 17.2. The van der Waals surface area contributed by atoms with Crippen molar-refractivity contribution >= 4 is 32.6 Å². The van der Waals surface area contributed by atoms with Crippen molar-refractivity contribution in [3.63, 3.8) is 0 Å². The minimum absolute atomic E-state index is 0.156. The van der Waals surface area contributed by atoms with Gasteiger partial charge in [-0.3, -0.25) is 9.69 Å². The lowest BCUT2D eigenvalue weighted by Crippen LogP contribution is -2.29. The molecule has 0 aliphatic carbocycles. The Balaban J connectivity index is 1.77. The molecular weight excluding hydrogens is 366 g/mol. The van der Waals surface area contributed by atoms with E-state index < -0.39 is 0 Å². The Hall–Kier alpha value is -3.13. The number of amides is 1. The number of anilines is 1. The van der Waals surface area contributed by atoms with Gasteiger partial charge >= 0.3 is 0 Å². The lowest BCUT2D eigenvalue weighted by atomic mass is 10.3. The number of ether oxygens (including phenoxy) is 1. The molecule has 1 aromatic carbocycles. The molecular formula is C19H17N3O4S. The van der Waals surface area contributed by atoms with Crippen LogP contribution in [0.1, 0.15) is 28.9 Å². The van der Waals surface area contributed by atoms with Crippen LogP contribution in [0.2, 0.25) is 0 Å². The first-order valence-corrected chi connectivity index (χ1v) is 9.27. The third-order valence-electron chi connectivity index (χ3n) is 3.88. The molecule has 3 heterocycles. The minimum atomic E-state index is -0.330. The van der Waals surface area contributed by atoms with Gasteiger partial charge in [-0.1, -0.05) is 22.6 Å². The summed E-state index contributed by atoms with van der Waals surface area (Å²) in [7, 11) is 0. The summed E-state index contributed by atoms with van der Waals surface area (Å²) in [6, 6.07) is 10.9. The molecule has 0 radical (unpaired) electrons. The van der Waals surface area contributed by atoms with Gasteiger partial charge in [0.15, 0.2) is 5.13 Å². The number of aromatic nitrogens is 2. The number of thiazole rings is 1. The van der Waals surface area contributed by atoms with E-state index in [9.17, 15) is 4.79 Å². The van der Waals surface area contributed by atoms with Crippen LogP contribution >= 0.6 is 11.3 Å². The van der Waals surface area contributed by atoms with E-state index in [0.29, 0.717) is 28.9 Å². The molecule has 4 rings (SSSR count). The molecule has 3 aromatic heterocycles. The highest BCUT2D eigenvalue weighted by atomic mass is 32.1. The molecule has 27 heavy (non-hydrogen) atoms. The molecule has 0 aliphatic heterocycles. The number of hydrogen-bond acceptors (Lipinski definition) is 7. The molecule has 0 saturated heterocycles. The molecule has 138 valence electrons. The molecule has 1 amide bonds. The van der Waals surface area contributed by atoms with E-state index in [1.165, 1.54) is 16.2 Å².